The molecule has 3 heteroatoms. The van der Waals surface area contributed by atoms with E-state index in [0.717, 1.165) is 28.6 Å². The highest BCUT2D eigenvalue weighted by atomic mass is 15.1. The van der Waals surface area contributed by atoms with Crippen LogP contribution in [0.25, 0.3) is 10.8 Å². The fourth-order valence-corrected chi connectivity index (χ4v) is 3.24. The van der Waals surface area contributed by atoms with Gasteiger partial charge in [0, 0.05) is 29.5 Å². The Hall–Kier alpha value is -2.05. The molecule has 1 N–H and O–H groups in total. The van der Waals surface area contributed by atoms with E-state index >= 15 is 0 Å². The third-order valence-electron chi connectivity index (χ3n) is 4.35. The molecule has 1 aliphatic rings. The van der Waals surface area contributed by atoms with Gasteiger partial charge in [-0.2, -0.15) is 5.26 Å². The average Bonchev–Trinajstić information content (AvgIpc) is 2.52. The fraction of sp³-hybridized carbons (Fsp3) is 0.389. The molecule has 0 spiro atoms. The second-order valence-electron chi connectivity index (χ2n) is 5.97. The maximum Gasteiger partial charge on any atom is 0.0998 e. The summed E-state index contributed by atoms with van der Waals surface area (Å²) in [4.78, 5) is 2.41. The number of benzene rings is 2. The van der Waals surface area contributed by atoms with E-state index in [1.807, 2.05) is 30.3 Å². The predicted octanol–water partition coefficient (Wildman–Crippen LogP) is 3.47. The lowest BCUT2D eigenvalue weighted by Crippen LogP contribution is -2.35. The van der Waals surface area contributed by atoms with Crippen LogP contribution in [-0.4, -0.2) is 31.6 Å². The molecule has 2 aromatic carbocycles. The summed E-state index contributed by atoms with van der Waals surface area (Å²) in [6.07, 6.45) is 2.59. The molecule has 1 fully saturated rings. The van der Waals surface area contributed by atoms with E-state index in [2.05, 4.69) is 29.4 Å². The van der Waals surface area contributed by atoms with Crippen LogP contribution in [0, 0.1) is 17.2 Å². The molecule has 0 amide bonds. The zero-order chi connectivity index (χ0) is 14.7. The Morgan fingerprint density at radius 2 is 2.05 bits per heavy atom. The minimum atomic E-state index is 0.707. The summed E-state index contributed by atoms with van der Waals surface area (Å²) in [5.74, 6) is 0.707. The summed E-state index contributed by atoms with van der Waals surface area (Å²) in [5.41, 5.74) is 1.88. The summed E-state index contributed by atoms with van der Waals surface area (Å²) >= 11 is 0. The van der Waals surface area contributed by atoms with Crippen LogP contribution < -0.4 is 5.32 Å². The van der Waals surface area contributed by atoms with Crippen LogP contribution >= 0.6 is 0 Å². The lowest BCUT2D eigenvalue weighted by atomic mass is 9.98. The van der Waals surface area contributed by atoms with Gasteiger partial charge in [0.25, 0.3) is 0 Å². The zero-order valence-electron chi connectivity index (χ0n) is 12.5. The Balaban J connectivity index is 1.80. The normalized spacial score (nSPS) is 19.3. The molecule has 1 aliphatic heterocycles. The van der Waals surface area contributed by atoms with Gasteiger partial charge in [-0.1, -0.05) is 24.3 Å². The van der Waals surface area contributed by atoms with Crippen LogP contribution in [0.1, 0.15) is 18.4 Å². The predicted molar refractivity (Wildman–Crippen MR) is 87.4 cm³/mol. The smallest absolute Gasteiger partial charge is 0.0998 e. The minimum Gasteiger partial charge on any atom is -0.384 e. The molecule has 0 saturated carbocycles. The van der Waals surface area contributed by atoms with Gasteiger partial charge in [-0.25, -0.2) is 0 Å². The number of nitrogens with one attached hydrogen (secondary N) is 1. The van der Waals surface area contributed by atoms with Crippen molar-refractivity contribution >= 4 is 16.5 Å². The van der Waals surface area contributed by atoms with Crippen molar-refractivity contribution in [3.63, 3.8) is 0 Å². The first-order valence-corrected chi connectivity index (χ1v) is 7.62. The first-order chi connectivity index (χ1) is 10.3. The van der Waals surface area contributed by atoms with E-state index in [1.165, 1.54) is 25.9 Å². The maximum atomic E-state index is 9.21. The van der Waals surface area contributed by atoms with Gasteiger partial charge in [0.05, 0.1) is 11.6 Å². The average molecular weight is 279 g/mol. The molecule has 108 valence electrons. The number of piperidine rings is 1. The Labute approximate surface area is 126 Å². The van der Waals surface area contributed by atoms with E-state index in [9.17, 15) is 5.26 Å². The van der Waals surface area contributed by atoms with Crippen LogP contribution in [0.5, 0.6) is 0 Å². The first kappa shape index (κ1) is 13.9. The molecule has 0 aliphatic carbocycles. The number of nitrogens with zero attached hydrogens (tertiary/aromatic N) is 2. The Morgan fingerprint density at radius 1 is 1.24 bits per heavy atom. The Bertz CT molecular complexity index is 672. The molecular formula is C18H21N3. The fourth-order valence-electron chi connectivity index (χ4n) is 3.24. The van der Waals surface area contributed by atoms with Crippen LogP contribution in [0.3, 0.4) is 0 Å². The topological polar surface area (TPSA) is 39.1 Å². The van der Waals surface area contributed by atoms with Crippen LogP contribution in [0.2, 0.25) is 0 Å². The third-order valence-corrected chi connectivity index (χ3v) is 4.35. The van der Waals surface area contributed by atoms with Crippen molar-refractivity contribution in [1.82, 2.24) is 4.90 Å². The molecule has 21 heavy (non-hydrogen) atoms. The van der Waals surface area contributed by atoms with Crippen molar-refractivity contribution in [3.8, 4) is 6.07 Å². The summed E-state index contributed by atoms with van der Waals surface area (Å²) in [6.45, 7) is 3.39. The number of likely N-dealkylation sites (tertiary alicyclic amines) is 1. The molecule has 0 radical (unpaired) electrons. The van der Waals surface area contributed by atoms with Gasteiger partial charge in [0.2, 0.25) is 0 Å². The number of nitriles is 1. The van der Waals surface area contributed by atoms with Crippen molar-refractivity contribution in [2.24, 2.45) is 5.92 Å². The quantitative estimate of drug-likeness (QED) is 0.935. The highest BCUT2D eigenvalue weighted by Gasteiger charge is 2.17. The van der Waals surface area contributed by atoms with E-state index in [0.29, 0.717) is 5.92 Å². The van der Waals surface area contributed by atoms with E-state index in [4.69, 9.17) is 0 Å². The van der Waals surface area contributed by atoms with Gasteiger partial charge in [0.1, 0.15) is 0 Å². The van der Waals surface area contributed by atoms with Crippen molar-refractivity contribution in [1.29, 1.82) is 5.26 Å². The van der Waals surface area contributed by atoms with Gasteiger partial charge in [0.15, 0.2) is 0 Å². The second-order valence-corrected chi connectivity index (χ2v) is 5.97. The van der Waals surface area contributed by atoms with Crippen LogP contribution in [0.15, 0.2) is 36.4 Å². The summed E-state index contributed by atoms with van der Waals surface area (Å²) < 4.78 is 0. The zero-order valence-corrected chi connectivity index (χ0v) is 12.5. The Kier molecular flexibility index (Phi) is 4.08. The molecule has 0 bridgehead atoms. The number of hydrogen-bond acceptors (Lipinski definition) is 3. The molecule has 1 unspecified atom stereocenters. The largest absolute Gasteiger partial charge is 0.384 e. The molecule has 1 saturated heterocycles. The molecular weight excluding hydrogens is 258 g/mol. The third kappa shape index (κ3) is 3.01. The van der Waals surface area contributed by atoms with Gasteiger partial charge in [-0.05, 0) is 44.5 Å². The monoisotopic (exact) mass is 279 g/mol. The number of rotatable bonds is 3. The first-order valence-electron chi connectivity index (χ1n) is 7.62. The van der Waals surface area contributed by atoms with Crippen LogP contribution in [0.4, 0.5) is 5.69 Å². The highest BCUT2D eigenvalue weighted by Crippen LogP contribution is 2.27. The van der Waals surface area contributed by atoms with E-state index in [1.54, 1.807) is 0 Å². The highest BCUT2D eigenvalue weighted by molar-refractivity contribution is 5.97. The van der Waals surface area contributed by atoms with Crippen molar-refractivity contribution in [2.75, 3.05) is 32.0 Å². The van der Waals surface area contributed by atoms with Crippen molar-refractivity contribution in [3.05, 3.63) is 42.0 Å². The van der Waals surface area contributed by atoms with Gasteiger partial charge >= 0.3 is 0 Å². The molecule has 3 nitrogen and oxygen atoms in total. The van der Waals surface area contributed by atoms with Crippen molar-refractivity contribution < 1.29 is 0 Å². The second kappa shape index (κ2) is 6.15. The lowest BCUT2D eigenvalue weighted by Gasteiger charge is -2.30. The maximum absolute atomic E-state index is 9.21. The number of fused-ring (bicyclic) bond motifs is 1. The SMILES string of the molecule is CN1CCCC(CNc2ccc(C#N)c3ccccc23)C1. The number of hydrogen-bond donors (Lipinski definition) is 1. The molecule has 2 aromatic rings. The van der Waals surface area contributed by atoms with Crippen LogP contribution in [-0.2, 0) is 0 Å². The summed E-state index contributed by atoms with van der Waals surface area (Å²) in [6, 6.07) is 14.4. The summed E-state index contributed by atoms with van der Waals surface area (Å²) in [5, 5.41) is 15.0. The molecule has 1 atom stereocenters. The summed E-state index contributed by atoms with van der Waals surface area (Å²) in [7, 11) is 2.20. The lowest BCUT2D eigenvalue weighted by molar-refractivity contribution is 0.217. The standard InChI is InChI=1S/C18H21N3/c1-21-10-4-5-14(13-21)12-20-18-9-8-15(11-19)16-6-2-3-7-17(16)18/h2-3,6-9,14,20H,4-5,10,12-13H2,1H3. The molecule has 3 rings (SSSR count). The molecule has 0 aromatic heterocycles. The Morgan fingerprint density at radius 3 is 2.81 bits per heavy atom. The van der Waals surface area contributed by atoms with Crippen molar-refractivity contribution in [2.45, 2.75) is 12.8 Å². The molecule has 1 heterocycles. The van der Waals surface area contributed by atoms with Gasteiger partial charge in [-0.3, -0.25) is 0 Å². The van der Waals surface area contributed by atoms with E-state index in [-0.39, 0.29) is 0 Å². The van der Waals surface area contributed by atoms with Gasteiger partial charge in [-0.15, -0.1) is 0 Å². The number of anilines is 1. The van der Waals surface area contributed by atoms with E-state index < -0.39 is 0 Å². The minimum absolute atomic E-state index is 0.707. The van der Waals surface area contributed by atoms with Gasteiger partial charge < -0.3 is 10.2 Å².